The molecule has 1 aromatic rings. The van der Waals surface area contributed by atoms with Crippen LogP contribution in [0.4, 0.5) is 0 Å². The first-order valence-corrected chi connectivity index (χ1v) is 7.38. The van der Waals surface area contributed by atoms with E-state index in [4.69, 9.17) is 33.0 Å². The van der Waals surface area contributed by atoms with Crippen LogP contribution in [0.15, 0.2) is 18.2 Å². The van der Waals surface area contributed by atoms with Gasteiger partial charge in [0.1, 0.15) is 10.8 Å². The zero-order valence-electron chi connectivity index (χ0n) is 11.7. The van der Waals surface area contributed by atoms with Gasteiger partial charge in [-0.05, 0) is 31.9 Å². The Hall–Kier alpha value is -1.01. The second kappa shape index (κ2) is 9.10. The molecule has 0 fully saturated rings. The number of amides is 1. The Balaban J connectivity index is 2.59. The first-order valence-electron chi connectivity index (χ1n) is 6.62. The Morgan fingerprint density at radius 1 is 1.38 bits per heavy atom. The summed E-state index contributed by atoms with van der Waals surface area (Å²) in [6, 6.07) is 4.50. The standard InChI is InChI=1S/C14H19Cl2NO4/c1-9(14(20)17-10(8-19)4-3-7-18)21-12-6-2-5-11(15)13(12)16/h2,5-6,9-10,18-19H,3-4,7-8H2,1H3,(H,17,20)/t9-,10+/m1/s1. The Labute approximate surface area is 133 Å². The van der Waals surface area contributed by atoms with Crippen LogP contribution in [-0.4, -0.2) is 41.5 Å². The van der Waals surface area contributed by atoms with Crippen LogP contribution >= 0.6 is 23.2 Å². The molecule has 0 saturated carbocycles. The molecule has 0 heterocycles. The van der Waals surface area contributed by atoms with Crippen LogP contribution in [0.3, 0.4) is 0 Å². The maximum atomic E-state index is 12.0. The monoisotopic (exact) mass is 335 g/mol. The van der Waals surface area contributed by atoms with E-state index in [1.165, 1.54) is 0 Å². The van der Waals surface area contributed by atoms with E-state index >= 15 is 0 Å². The Bertz CT molecular complexity index is 470. The largest absolute Gasteiger partial charge is 0.479 e. The molecule has 1 amide bonds. The van der Waals surface area contributed by atoms with Gasteiger partial charge in [0.05, 0.1) is 17.7 Å². The molecule has 0 aliphatic carbocycles. The van der Waals surface area contributed by atoms with Gasteiger partial charge in [0.2, 0.25) is 0 Å². The van der Waals surface area contributed by atoms with Crippen LogP contribution in [0.2, 0.25) is 10.0 Å². The summed E-state index contributed by atoms with van der Waals surface area (Å²) >= 11 is 11.9. The molecule has 0 aliphatic rings. The number of hydrogen-bond acceptors (Lipinski definition) is 4. The van der Waals surface area contributed by atoms with E-state index in [0.29, 0.717) is 23.6 Å². The molecule has 3 N–H and O–H groups in total. The smallest absolute Gasteiger partial charge is 0.261 e. The summed E-state index contributed by atoms with van der Waals surface area (Å²) < 4.78 is 5.48. The molecule has 0 saturated heterocycles. The molecule has 1 aromatic carbocycles. The molecule has 2 atom stereocenters. The van der Waals surface area contributed by atoms with Gasteiger partial charge in [-0.1, -0.05) is 29.3 Å². The van der Waals surface area contributed by atoms with E-state index in [1.807, 2.05) is 0 Å². The van der Waals surface area contributed by atoms with Crippen LogP contribution in [0.25, 0.3) is 0 Å². The first kappa shape index (κ1) is 18.0. The van der Waals surface area contributed by atoms with Gasteiger partial charge >= 0.3 is 0 Å². The van der Waals surface area contributed by atoms with Gasteiger partial charge in [-0.3, -0.25) is 4.79 Å². The van der Waals surface area contributed by atoms with Crippen molar-refractivity contribution >= 4 is 29.1 Å². The molecular formula is C14H19Cl2NO4. The topological polar surface area (TPSA) is 78.8 Å². The molecule has 0 radical (unpaired) electrons. The van der Waals surface area contributed by atoms with Crippen molar-refractivity contribution in [1.82, 2.24) is 5.32 Å². The normalized spacial score (nSPS) is 13.6. The van der Waals surface area contributed by atoms with Gasteiger partial charge in [0.15, 0.2) is 6.10 Å². The molecule has 5 nitrogen and oxygen atoms in total. The average molecular weight is 336 g/mol. The van der Waals surface area contributed by atoms with E-state index in [9.17, 15) is 9.90 Å². The Morgan fingerprint density at radius 2 is 2.10 bits per heavy atom. The van der Waals surface area contributed by atoms with E-state index in [1.54, 1.807) is 25.1 Å². The molecule has 118 valence electrons. The molecule has 0 bridgehead atoms. The average Bonchev–Trinajstić information content (AvgIpc) is 2.47. The lowest BCUT2D eigenvalue weighted by Crippen LogP contribution is -2.44. The van der Waals surface area contributed by atoms with Crippen molar-refractivity contribution in [2.24, 2.45) is 0 Å². The first-order chi connectivity index (χ1) is 9.99. The number of aliphatic hydroxyl groups excluding tert-OH is 2. The van der Waals surface area contributed by atoms with Gasteiger partial charge in [0.25, 0.3) is 5.91 Å². The van der Waals surface area contributed by atoms with E-state index in [0.717, 1.165) is 0 Å². The summed E-state index contributed by atoms with van der Waals surface area (Å²) in [6.07, 6.45) is 0.202. The van der Waals surface area contributed by atoms with Gasteiger partial charge in [-0.2, -0.15) is 0 Å². The number of carbonyl (C=O) groups excluding carboxylic acids is 1. The Kier molecular flexibility index (Phi) is 7.82. The number of carbonyl (C=O) groups is 1. The lowest BCUT2D eigenvalue weighted by atomic mass is 10.1. The second-order valence-corrected chi connectivity index (χ2v) is 5.35. The van der Waals surface area contributed by atoms with Gasteiger partial charge in [-0.25, -0.2) is 0 Å². The maximum absolute atomic E-state index is 12.0. The summed E-state index contributed by atoms with van der Waals surface area (Å²) in [5, 5.41) is 21.2. The zero-order chi connectivity index (χ0) is 15.8. The third-order valence-corrected chi connectivity index (χ3v) is 3.67. The highest BCUT2D eigenvalue weighted by molar-refractivity contribution is 6.42. The second-order valence-electron chi connectivity index (χ2n) is 4.57. The Morgan fingerprint density at radius 3 is 2.71 bits per heavy atom. The lowest BCUT2D eigenvalue weighted by molar-refractivity contribution is -0.128. The number of nitrogens with one attached hydrogen (secondary N) is 1. The van der Waals surface area contributed by atoms with Gasteiger partial charge < -0.3 is 20.3 Å². The fourth-order valence-corrected chi connectivity index (χ4v) is 2.02. The van der Waals surface area contributed by atoms with Crippen molar-refractivity contribution in [3.63, 3.8) is 0 Å². The minimum absolute atomic E-state index is 0.0105. The van der Waals surface area contributed by atoms with E-state index in [2.05, 4.69) is 5.32 Å². The highest BCUT2D eigenvalue weighted by atomic mass is 35.5. The number of rotatable bonds is 8. The van der Waals surface area contributed by atoms with Crippen LogP contribution in [-0.2, 0) is 4.79 Å². The minimum atomic E-state index is -0.788. The molecule has 21 heavy (non-hydrogen) atoms. The molecular weight excluding hydrogens is 317 g/mol. The molecule has 1 rings (SSSR count). The highest BCUT2D eigenvalue weighted by Crippen LogP contribution is 2.32. The number of hydrogen-bond donors (Lipinski definition) is 3. The predicted octanol–water partition coefficient (Wildman–Crippen LogP) is 2.01. The number of benzene rings is 1. The zero-order valence-corrected chi connectivity index (χ0v) is 13.2. The van der Waals surface area contributed by atoms with Crippen molar-refractivity contribution in [2.45, 2.75) is 31.9 Å². The summed E-state index contributed by atoms with van der Waals surface area (Å²) in [7, 11) is 0. The quantitative estimate of drug-likeness (QED) is 0.679. The number of ether oxygens (including phenoxy) is 1. The molecule has 0 aliphatic heterocycles. The third kappa shape index (κ3) is 5.71. The fraction of sp³-hybridized carbons (Fsp3) is 0.500. The summed E-state index contributed by atoms with van der Waals surface area (Å²) in [6.45, 7) is 1.39. The van der Waals surface area contributed by atoms with E-state index in [-0.39, 0.29) is 24.1 Å². The van der Waals surface area contributed by atoms with Crippen LogP contribution in [0.5, 0.6) is 5.75 Å². The maximum Gasteiger partial charge on any atom is 0.261 e. The van der Waals surface area contributed by atoms with Crippen LogP contribution in [0, 0.1) is 0 Å². The third-order valence-electron chi connectivity index (χ3n) is 2.87. The lowest BCUT2D eigenvalue weighted by Gasteiger charge is -2.20. The highest BCUT2D eigenvalue weighted by Gasteiger charge is 2.19. The van der Waals surface area contributed by atoms with Gasteiger partial charge in [-0.15, -0.1) is 0 Å². The van der Waals surface area contributed by atoms with Crippen molar-refractivity contribution in [3.8, 4) is 5.75 Å². The molecule has 7 heteroatoms. The predicted molar refractivity (Wildman–Crippen MR) is 81.9 cm³/mol. The number of aliphatic hydroxyl groups is 2. The van der Waals surface area contributed by atoms with Gasteiger partial charge in [0, 0.05) is 6.61 Å². The summed E-state index contributed by atoms with van der Waals surface area (Å²) in [5.41, 5.74) is 0. The number of halogens is 2. The van der Waals surface area contributed by atoms with E-state index < -0.39 is 12.1 Å². The van der Waals surface area contributed by atoms with Crippen molar-refractivity contribution in [3.05, 3.63) is 28.2 Å². The summed E-state index contributed by atoms with van der Waals surface area (Å²) in [4.78, 5) is 12.0. The van der Waals surface area contributed by atoms with Crippen molar-refractivity contribution in [2.75, 3.05) is 13.2 Å². The van der Waals surface area contributed by atoms with Crippen molar-refractivity contribution in [1.29, 1.82) is 0 Å². The SMILES string of the molecule is C[C@@H](Oc1cccc(Cl)c1Cl)C(=O)N[C@H](CO)CCCO. The van der Waals surface area contributed by atoms with Crippen LogP contribution in [0.1, 0.15) is 19.8 Å². The van der Waals surface area contributed by atoms with Crippen molar-refractivity contribution < 1.29 is 19.7 Å². The summed E-state index contributed by atoms with van der Waals surface area (Å²) in [5.74, 6) is -0.0502. The van der Waals surface area contributed by atoms with Crippen LogP contribution < -0.4 is 10.1 Å². The minimum Gasteiger partial charge on any atom is -0.479 e. The molecule has 0 aromatic heterocycles. The molecule has 0 unspecified atom stereocenters. The fourth-order valence-electron chi connectivity index (χ4n) is 1.68. The molecule has 0 spiro atoms.